The van der Waals surface area contributed by atoms with E-state index < -0.39 is 6.09 Å². The lowest BCUT2D eigenvalue weighted by Gasteiger charge is -2.31. The minimum atomic E-state index is -0.400. The highest BCUT2D eigenvalue weighted by atomic mass is 16.6. The zero-order valence-electron chi connectivity index (χ0n) is 13.6. The second-order valence-corrected chi connectivity index (χ2v) is 7.02. The minimum Gasteiger partial charge on any atom is -0.441 e. The Labute approximate surface area is 132 Å². The third kappa shape index (κ3) is 4.58. The summed E-state index contributed by atoms with van der Waals surface area (Å²) in [5, 5.41) is 2.90. The molecule has 2 rings (SSSR count). The molecule has 22 heavy (non-hydrogen) atoms. The molecular weight excluding hydrogens is 278 g/mol. The van der Waals surface area contributed by atoms with E-state index in [0.717, 1.165) is 5.56 Å². The van der Waals surface area contributed by atoms with Crippen molar-refractivity contribution in [1.82, 2.24) is 5.32 Å². The van der Waals surface area contributed by atoms with E-state index >= 15 is 0 Å². The number of hydrogen-bond acceptors (Lipinski definition) is 3. The Balaban J connectivity index is 1.98. The summed E-state index contributed by atoms with van der Waals surface area (Å²) in [6.45, 7) is 6.16. The van der Waals surface area contributed by atoms with Gasteiger partial charge in [0.1, 0.15) is 11.9 Å². The van der Waals surface area contributed by atoms with Crippen molar-refractivity contribution < 1.29 is 14.3 Å². The van der Waals surface area contributed by atoms with Crippen molar-refractivity contribution in [2.45, 2.75) is 58.6 Å². The van der Waals surface area contributed by atoms with Crippen LogP contribution in [-0.2, 0) is 9.53 Å². The van der Waals surface area contributed by atoms with Gasteiger partial charge in [-0.15, -0.1) is 0 Å². The van der Waals surface area contributed by atoms with Gasteiger partial charge in [-0.3, -0.25) is 4.79 Å². The van der Waals surface area contributed by atoms with Crippen LogP contribution in [0.1, 0.15) is 58.1 Å². The first kappa shape index (κ1) is 16.5. The number of carbonyl (C=O) groups is 2. The van der Waals surface area contributed by atoms with Gasteiger partial charge in [0.05, 0.1) is 0 Å². The first-order valence-electron chi connectivity index (χ1n) is 7.90. The maximum atomic E-state index is 12.2. The molecule has 4 heteroatoms. The number of rotatable bonds is 3. The Bertz CT molecular complexity index is 509. The molecule has 0 heterocycles. The predicted octanol–water partition coefficient (Wildman–Crippen LogP) is 4.01. The molecule has 1 aromatic rings. The lowest BCUT2D eigenvalue weighted by Crippen LogP contribution is -2.39. The van der Waals surface area contributed by atoms with Crippen molar-refractivity contribution in [2.24, 2.45) is 5.41 Å². The molecule has 0 spiro atoms. The molecule has 0 radical (unpaired) electrons. The summed E-state index contributed by atoms with van der Waals surface area (Å²) in [7, 11) is 0. The third-order valence-corrected chi connectivity index (χ3v) is 3.98. The van der Waals surface area contributed by atoms with Crippen LogP contribution in [0.25, 0.3) is 0 Å². The Morgan fingerprint density at radius 1 is 1.18 bits per heavy atom. The molecule has 1 saturated carbocycles. The molecule has 1 unspecified atom stereocenters. The highest BCUT2D eigenvalue weighted by Gasteiger charge is 2.31. The molecule has 0 aliphatic heterocycles. The Hall–Kier alpha value is -1.84. The molecule has 4 nitrogen and oxygen atoms in total. The second-order valence-electron chi connectivity index (χ2n) is 7.02. The number of nitrogens with one attached hydrogen (secondary N) is 1. The van der Waals surface area contributed by atoms with Crippen LogP contribution in [0.5, 0.6) is 0 Å². The molecule has 1 fully saturated rings. The summed E-state index contributed by atoms with van der Waals surface area (Å²) in [4.78, 5) is 23.4. The fourth-order valence-electron chi connectivity index (χ4n) is 2.76. The Morgan fingerprint density at radius 2 is 1.77 bits per heavy atom. The summed E-state index contributed by atoms with van der Waals surface area (Å²) >= 11 is 0. The van der Waals surface area contributed by atoms with Crippen LogP contribution in [0.3, 0.4) is 0 Å². The van der Waals surface area contributed by atoms with Crippen LogP contribution >= 0.6 is 0 Å². The van der Waals surface area contributed by atoms with Crippen LogP contribution in [0, 0.1) is 5.41 Å². The number of ketones is 1. The smallest absolute Gasteiger partial charge is 0.407 e. The third-order valence-electron chi connectivity index (χ3n) is 3.98. The van der Waals surface area contributed by atoms with E-state index in [-0.39, 0.29) is 23.3 Å². The zero-order chi connectivity index (χ0) is 16.2. The van der Waals surface area contributed by atoms with Crippen molar-refractivity contribution in [3.05, 3.63) is 35.9 Å². The Kier molecular flexibility index (Phi) is 5.22. The van der Waals surface area contributed by atoms with Crippen LogP contribution in [0.2, 0.25) is 0 Å². The average Bonchev–Trinajstić information content (AvgIpc) is 2.47. The van der Waals surface area contributed by atoms with E-state index in [4.69, 9.17) is 4.74 Å². The number of benzene rings is 1. The minimum absolute atomic E-state index is 0.0431. The van der Waals surface area contributed by atoms with Gasteiger partial charge < -0.3 is 10.1 Å². The summed E-state index contributed by atoms with van der Waals surface area (Å²) < 4.78 is 5.70. The van der Waals surface area contributed by atoms with Crippen LogP contribution in [-0.4, -0.2) is 17.9 Å². The molecule has 1 aliphatic rings. The number of carbonyl (C=O) groups excluding carboxylic acids is 2. The lowest BCUT2D eigenvalue weighted by molar-refractivity contribution is -0.120. The predicted molar refractivity (Wildman–Crippen MR) is 85.5 cm³/mol. The van der Waals surface area contributed by atoms with Crippen LogP contribution < -0.4 is 5.32 Å². The van der Waals surface area contributed by atoms with Gasteiger partial charge in [-0.25, -0.2) is 4.79 Å². The summed E-state index contributed by atoms with van der Waals surface area (Å²) in [5.74, 6) is 0.281. The molecule has 0 saturated heterocycles. The van der Waals surface area contributed by atoms with Crippen LogP contribution in [0.4, 0.5) is 4.79 Å². The largest absolute Gasteiger partial charge is 0.441 e. The van der Waals surface area contributed by atoms with Gasteiger partial charge in [-0.1, -0.05) is 51.1 Å². The molecule has 0 bridgehead atoms. The number of Topliss-reactive ketones (excluding diaryl/α,β-unsaturated/α-hetero) is 1. The first-order valence-corrected chi connectivity index (χ1v) is 7.90. The molecule has 0 aromatic heterocycles. The lowest BCUT2D eigenvalue weighted by atomic mass is 9.84. The van der Waals surface area contributed by atoms with Gasteiger partial charge in [-0.2, -0.15) is 0 Å². The van der Waals surface area contributed by atoms with Gasteiger partial charge in [0.2, 0.25) is 0 Å². The van der Waals surface area contributed by atoms with Crippen molar-refractivity contribution in [3.63, 3.8) is 0 Å². The van der Waals surface area contributed by atoms with Crippen molar-refractivity contribution in [3.8, 4) is 0 Å². The SMILES string of the molecule is CC(C)(C)C(OC(=O)NC1CCC(=O)CC1)c1ccccc1. The second kappa shape index (κ2) is 6.95. The van der Waals surface area contributed by atoms with E-state index in [0.29, 0.717) is 25.7 Å². The van der Waals surface area contributed by atoms with E-state index in [2.05, 4.69) is 26.1 Å². The van der Waals surface area contributed by atoms with Gasteiger partial charge in [-0.05, 0) is 18.4 Å². The van der Waals surface area contributed by atoms with Gasteiger partial charge >= 0.3 is 6.09 Å². The van der Waals surface area contributed by atoms with E-state index in [9.17, 15) is 9.59 Å². The average molecular weight is 303 g/mol. The quantitative estimate of drug-likeness (QED) is 0.918. The van der Waals surface area contributed by atoms with E-state index in [1.165, 1.54) is 0 Å². The van der Waals surface area contributed by atoms with Gasteiger partial charge in [0, 0.05) is 24.3 Å². The fraction of sp³-hybridized carbons (Fsp3) is 0.556. The summed E-state index contributed by atoms with van der Waals surface area (Å²) in [6, 6.07) is 9.83. The Morgan fingerprint density at radius 3 is 2.32 bits per heavy atom. The van der Waals surface area contributed by atoms with Gasteiger partial charge in [0.15, 0.2) is 0 Å². The zero-order valence-corrected chi connectivity index (χ0v) is 13.6. The summed E-state index contributed by atoms with van der Waals surface area (Å²) in [5.41, 5.74) is 0.797. The highest BCUT2D eigenvalue weighted by molar-refractivity contribution is 5.79. The number of ether oxygens (including phenoxy) is 1. The molecule has 1 aliphatic carbocycles. The van der Waals surface area contributed by atoms with E-state index in [1.807, 2.05) is 30.3 Å². The number of alkyl carbamates (subject to hydrolysis) is 1. The topological polar surface area (TPSA) is 55.4 Å². The number of hydrogen-bond donors (Lipinski definition) is 1. The standard InChI is InChI=1S/C18H25NO3/c1-18(2,3)16(13-7-5-4-6-8-13)22-17(21)19-14-9-11-15(20)12-10-14/h4-8,14,16H,9-12H2,1-3H3,(H,19,21). The molecule has 1 N–H and O–H groups in total. The van der Waals surface area contributed by atoms with E-state index in [1.54, 1.807) is 0 Å². The molecule has 1 atom stereocenters. The van der Waals surface area contributed by atoms with Crippen molar-refractivity contribution in [1.29, 1.82) is 0 Å². The first-order chi connectivity index (χ1) is 10.4. The molecule has 1 aromatic carbocycles. The van der Waals surface area contributed by atoms with Crippen molar-refractivity contribution >= 4 is 11.9 Å². The normalized spacial score (nSPS) is 17.9. The van der Waals surface area contributed by atoms with Crippen LogP contribution in [0.15, 0.2) is 30.3 Å². The maximum Gasteiger partial charge on any atom is 0.407 e. The summed E-state index contributed by atoms with van der Waals surface area (Å²) in [6.07, 6.45) is 1.81. The van der Waals surface area contributed by atoms with Crippen molar-refractivity contribution in [2.75, 3.05) is 0 Å². The molecule has 1 amide bonds. The molecule has 120 valence electrons. The number of amides is 1. The van der Waals surface area contributed by atoms with Gasteiger partial charge in [0.25, 0.3) is 0 Å². The fourth-order valence-corrected chi connectivity index (χ4v) is 2.76. The maximum absolute atomic E-state index is 12.2. The highest BCUT2D eigenvalue weighted by Crippen LogP contribution is 2.36. The molecular formula is C18H25NO3. The monoisotopic (exact) mass is 303 g/mol.